The summed E-state index contributed by atoms with van der Waals surface area (Å²) in [7, 11) is 1.64. The van der Waals surface area contributed by atoms with Crippen LogP contribution in [0.25, 0.3) is 12.2 Å². The van der Waals surface area contributed by atoms with E-state index in [-0.39, 0.29) is 12.8 Å². The number of nitrogens with zero attached hydrogens (tertiary/aromatic N) is 2. The fourth-order valence-electron chi connectivity index (χ4n) is 2.20. The molecule has 0 saturated heterocycles. The molecule has 1 aromatic heterocycles. The molecule has 2 N–H and O–H groups in total. The lowest BCUT2D eigenvalue weighted by Gasteiger charge is -2.18. The fourth-order valence-corrected chi connectivity index (χ4v) is 2.80. The molecule has 2 rings (SSSR count). The first-order valence-electron chi connectivity index (χ1n) is 8.26. The Balaban J connectivity index is 1.90. The Labute approximate surface area is 152 Å². The highest BCUT2D eigenvalue weighted by molar-refractivity contribution is 7.12. The van der Waals surface area contributed by atoms with Crippen molar-refractivity contribution in [2.45, 2.75) is 32.6 Å². The summed E-state index contributed by atoms with van der Waals surface area (Å²) in [5.41, 5.74) is 0.929. The lowest BCUT2D eigenvalue weighted by molar-refractivity contribution is 0.0442. The summed E-state index contributed by atoms with van der Waals surface area (Å²) < 4.78 is 11.0. The Morgan fingerprint density at radius 3 is 2.76 bits per heavy atom. The number of ether oxygens (including phenoxy) is 2. The van der Waals surface area contributed by atoms with Crippen LogP contribution in [0.5, 0.6) is 5.75 Å². The van der Waals surface area contributed by atoms with Gasteiger partial charge in [0.1, 0.15) is 34.7 Å². The third-order valence-corrected chi connectivity index (χ3v) is 4.34. The number of aliphatic hydroxyl groups is 1. The number of aliphatic hydroxyl groups excluding tert-OH is 1. The molecule has 0 amide bonds. The molecule has 25 heavy (non-hydrogen) atoms. The van der Waals surface area contributed by atoms with Gasteiger partial charge in [0, 0.05) is 19.2 Å². The predicted molar refractivity (Wildman–Crippen MR) is 101 cm³/mol. The highest BCUT2D eigenvalue weighted by atomic mass is 32.1. The van der Waals surface area contributed by atoms with Crippen molar-refractivity contribution in [3.63, 3.8) is 0 Å². The normalized spacial score (nSPS) is 13.9. The maximum Gasteiger partial charge on any atom is 0.140 e. The Bertz CT molecular complexity index is 671. The highest BCUT2D eigenvalue weighted by Crippen LogP contribution is 2.21. The van der Waals surface area contributed by atoms with E-state index in [1.165, 1.54) is 11.3 Å². The maximum absolute atomic E-state index is 10.1. The molecule has 0 spiro atoms. The van der Waals surface area contributed by atoms with Crippen LogP contribution in [0.4, 0.5) is 0 Å². The monoisotopic (exact) mass is 363 g/mol. The molecule has 7 heteroatoms. The molecular weight excluding hydrogens is 338 g/mol. The van der Waals surface area contributed by atoms with Gasteiger partial charge >= 0.3 is 0 Å². The average Bonchev–Trinajstić information content (AvgIpc) is 3.05. The Hall–Kier alpha value is -1.80. The molecule has 136 valence electrons. The second-order valence-electron chi connectivity index (χ2n) is 5.54. The van der Waals surface area contributed by atoms with E-state index in [2.05, 4.69) is 15.5 Å². The van der Waals surface area contributed by atoms with Gasteiger partial charge in [-0.3, -0.25) is 5.32 Å². The number of rotatable bonds is 10. The zero-order valence-electron chi connectivity index (χ0n) is 14.8. The van der Waals surface area contributed by atoms with Crippen molar-refractivity contribution in [1.82, 2.24) is 15.5 Å². The fraction of sp³-hybridized carbons (Fsp3) is 0.444. The number of hydrogen-bond acceptors (Lipinski definition) is 7. The molecule has 0 saturated carbocycles. The molecule has 0 aliphatic heterocycles. The average molecular weight is 363 g/mol. The van der Waals surface area contributed by atoms with Crippen molar-refractivity contribution in [3.05, 3.63) is 39.8 Å². The van der Waals surface area contributed by atoms with E-state index in [0.717, 1.165) is 27.7 Å². The molecule has 0 fully saturated rings. The van der Waals surface area contributed by atoms with Gasteiger partial charge in [0.05, 0.1) is 0 Å². The maximum atomic E-state index is 10.1. The lowest BCUT2D eigenvalue weighted by Crippen LogP contribution is -2.38. The van der Waals surface area contributed by atoms with Gasteiger partial charge in [0.25, 0.3) is 0 Å². The van der Waals surface area contributed by atoms with Crippen LogP contribution >= 0.6 is 11.3 Å². The number of nitrogens with one attached hydrogen (secondary N) is 1. The topological polar surface area (TPSA) is 76.5 Å². The van der Waals surface area contributed by atoms with Gasteiger partial charge in [-0.2, -0.15) is 0 Å². The summed E-state index contributed by atoms with van der Waals surface area (Å²) >= 11 is 1.53. The van der Waals surface area contributed by atoms with Crippen LogP contribution in [0.3, 0.4) is 0 Å². The standard InChI is InChI=1S/C18H25N3O3S/c1-4-17(23-3)19-11-15(22)12-24-16-8-6-5-7-14(16)9-10-18-21-20-13(2)25-18/h5-10,15,17,19,22H,4,11-12H2,1-3H3. The van der Waals surface area contributed by atoms with Gasteiger partial charge in [-0.25, -0.2) is 0 Å². The van der Waals surface area contributed by atoms with Crippen molar-refractivity contribution in [1.29, 1.82) is 0 Å². The Kier molecular flexibility index (Phi) is 8.00. The third-order valence-electron chi connectivity index (χ3n) is 3.53. The summed E-state index contributed by atoms with van der Waals surface area (Å²) in [5, 5.41) is 23.1. The van der Waals surface area contributed by atoms with E-state index >= 15 is 0 Å². The van der Waals surface area contributed by atoms with Crippen LogP contribution < -0.4 is 10.1 Å². The molecule has 0 aliphatic carbocycles. The van der Waals surface area contributed by atoms with Crippen LogP contribution in [0.2, 0.25) is 0 Å². The zero-order chi connectivity index (χ0) is 18.1. The Morgan fingerprint density at radius 2 is 2.08 bits per heavy atom. The molecule has 1 aromatic carbocycles. The van der Waals surface area contributed by atoms with Crippen molar-refractivity contribution in [2.24, 2.45) is 0 Å². The second kappa shape index (κ2) is 10.2. The summed E-state index contributed by atoms with van der Waals surface area (Å²) in [6.07, 6.45) is 4.02. The van der Waals surface area contributed by atoms with Crippen LogP contribution in [0, 0.1) is 6.92 Å². The van der Waals surface area contributed by atoms with E-state index in [1.807, 2.05) is 50.3 Å². The first-order valence-corrected chi connectivity index (χ1v) is 9.08. The molecule has 1 heterocycles. The highest BCUT2D eigenvalue weighted by Gasteiger charge is 2.10. The van der Waals surface area contributed by atoms with Crippen molar-refractivity contribution >= 4 is 23.5 Å². The minimum atomic E-state index is -0.618. The zero-order valence-corrected chi connectivity index (χ0v) is 15.6. The molecule has 0 radical (unpaired) electrons. The smallest absolute Gasteiger partial charge is 0.140 e. The summed E-state index contributed by atoms with van der Waals surface area (Å²) in [6, 6.07) is 7.70. The van der Waals surface area contributed by atoms with Crippen molar-refractivity contribution in [2.75, 3.05) is 20.3 Å². The van der Waals surface area contributed by atoms with Crippen LogP contribution in [0.1, 0.15) is 28.9 Å². The first kappa shape index (κ1) is 19.5. The summed E-state index contributed by atoms with van der Waals surface area (Å²) in [4.78, 5) is 0. The van der Waals surface area contributed by atoms with Crippen molar-refractivity contribution < 1.29 is 14.6 Å². The van der Waals surface area contributed by atoms with Crippen molar-refractivity contribution in [3.8, 4) is 5.75 Å². The van der Waals surface area contributed by atoms with E-state index in [4.69, 9.17) is 9.47 Å². The SMILES string of the molecule is CCC(NCC(O)COc1ccccc1C=Cc1nnc(C)s1)OC. The molecule has 0 aliphatic rings. The van der Waals surface area contributed by atoms with Gasteiger partial charge < -0.3 is 14.6 Å². The van der Waals surface area contributed by atoms with Gasteiger partial charge in [-0.15, -0.1) is 10.2 Å². The molecule has 6 nitrogen and oxygen atoms in total. The minimum Gasteiger partial charge on any atom is -0.490 e. The van der Waals surface area contributed by atoms with Crippen LogP contribution in [-0.4, -0.2) is 47.9 Å². The van der Waals surface area contributed by atoms with Crippen LogP contribution in [0.15, 0.2) is 24.3 Å². The van der Waals surface area contributed by atoms with E-state index < -0.39 is 6.10 Å². The van der Waals surface area contributed by atoms with Gasteiger partial charge in [0.2, 0.25) is 0 Å². The van der Waals surface area contributed by atoms with E-state index in [1.54, 1.807) is 7.11 Å². The largest absolute Gasteiger partial charge is 0.490 e. The first-order chi connectivity index (χ1) is 12.1. The summed E-state index contributed by atoms with van der Waals surface area (Å²) in [5.74, 6) is 0.720. The molecule has 0 bridgehead atoms. The summed E-state index contributed by atoms with van der Waals surface area (Å²) in [6.45, 7) is 4.56. The number of hydrogen-bond donors (Lipinski definition) is 2. The second-order valence-corrected chi connectivity index (χ2v) is 6.75. The molecular formula is C18H25N3O3S. The number of benzene rings is 1. The molecule has 2 unspecified atom stereocenters. The number of aromatic nitrogens is 2. The van der Waals surface area contributed by atoms with Gasteiger partial charge in [-0.1, -0.05) is 36.5 Å². The number of methoxy groups -OCH3 is 1. The number of para-hydroxylation sites is 1. The number of aryl methyl sites for hydroxylation is 1. The van der Waals surface area contributed by atoms with E-state index in [0.29, 0.717) is 6.54 Å². The lowest BCUT2D eigenvalue weighted by atomic mass is 10.2. The Morgan fingerprint density at radius 1 is 1.28 bits per heavy atom. The minimum absolute atomic E-state index is 0.0553. The predicted octanol–water partition coefficient (Wildman–Crippen LogP) is 2.73. The molecule has 2 aromatic rings. The third kappa shape index (κ3) is 6.55. The van der Waals surface area contributed by atoms with Gasteiger partial charge in [-0.05, 0) is 31.6 Å². The quantitative estimate of drug-likeness (QED) is 0.632. The van der Waals surface area contributed by atoms with Gasteiger partial charge in [0.15, 0.2) is 0 Å². The van der Waals surface area contributed by atoms with E-state index in [9.17, 15) is 5.11 Å². The molecule has 2 atom stereocenters. The van der Waals surface area contributed by atoms with Crippen LogP contribution in [-0.2, 0) is 4.74 Å².